The maximum Gasteiger partial charge on any atom is 0.403 e. The Morgan fingerprint density at radius 3 is 1.89 bits per heavy atom. The van der Waals surface area contributed by atoms with Crippen LogP contribution in [0.1, 0.15) is 103 Å². The first-order valence-corrected chi connectivity index (χ1v) is 11.1. The van der Waals surface area contributed by atoms with E-state index >= 15 is 0 Å². The summed E-state index contributed by atoms with van der Waals surface area (Å²) in [5, 5.41) is 0. The summed E-state index contributed by atoms with van der Waals surface area (Å²) < 4.78 is 1.56. The second kappa shape index (κ2) is 19.0. The van der Waals surface area contributed by atoms with Crippen molar-refractivity contribution in [2.75, 3.05) is 0 Å². The van der Waals surface area contributed by atoms with Gasteiger partial charge in [-0.05, 0) is 12.5 Å². The van der Waals surface area contributed by atoms with Crippen LogP contribution in [0.4, 0.5) is 0 Å². The molecule has 28 heavy (non-hydrogen) atoms. The van der Waals surface area contributed by atoms with Crippen molar-refractivity contribution in [1.29, 1.82) is 0 Å². The molecule has 0 aliphatic rings. The maximum absolute atomic E-state index is 11.4. The molecule has 1 aromatic heterocycles. The molecule has 0 N–H and O–H groups in total. The topological polar surface area (TPSA) is 30.2 Å². The predicted octanol–water partition coefficient (Wildman–Crippen LogP) is 3.14. The Morgan fingerprint density at radius 1 is 0.893 bits per heavy atom. The van der Waals surface area contributed by atoms with Crippen molar-refractivity contribution < 1.29 is 26.8 Å². The zero-order valence-corrected chi connectivity index (χ0v) is 18.6. The molecule has 1 aromatic rings. The van der Waals surface area contributed by atoms with Gasteiger partial charge in [0.25, 0.3) is 0 Å². The number of rotatable bonds is 17. The van der Waals surface area contributed by atoms with Crippen molar-refractivity contribution in [2.24, 2.45) is 0 Å². The van der Waals surface area contributed by atoms with Gasteiger partial charge in [0.05, 0.1) is 0 Å². The summed E-state index contributed by atoms with van der Waals surface area (Å²) in [6, 6.07) is 5.86. The molecule has 0 atom stereocenters. The molecule has 0 unspecified atom stereocenters. The van der Waals surface area contributed by atoms with Crippen molar-refractivity contribution in [3.63, 3.8) is 0 Å². The fraction of sp³-hybridized carbons (Fsp3) is 0.667. The van der Waals surface area contributed by atoms with E-state index in [1.807, 2.05) is 18.2 Å². The van der Waals surface area contributed by atoms with Crippen LogP contribution in [-0.2, 0) is 11.2 Å². The predicted molar refractivity (Wildman–Crippen MR) is 112 cm³/mol. The first-order valence-electron chi connectivity index (χ1n) is 11.1. The lowest BCUT2D eigenvalue weighted by Crippen LogP contribution is -3.00. The molecule has 0 fully saturated rings. The highest BCUT2D eigenvalue weighted by atomic mass is 35.5. The van der Waals surface area contributed by atoms with Crippen molar-refractivity contribution in [2.45, 2.75) is 103 Å². The average molecular weight is 410 g/mol. The van der Waals surface area contributed by atoms with E-state index in [2.05, 4.69) is 13.5 Å². The molecule has 0 saturated carbocycles. The number of aromatic nitrogens is 1. The number of hydrogen-bond donors (Lipinski definition) is 0. The molecule has 0 saturated heterocycles. The van der Waals surface area contributed by atoms with Gasteiger partial charge in [0.2, 0.25) is 11.9 Å². The van der Waals surface area contributed by atoms with Gasteiger partial charge in [-0.1, -0.05) is 97.0 Å². The smallest absolute Gasteiger partial charge is 0.403 e. The molecule has 0 aliphatic heterocycles. The van der Waals surface area contributed by atoms with Crippen LogP contribution >= 0.6 is 0 Å². The van der Waals surface area contributed by atoms with E-state index in [4.69, 9.17) is 4.84 Å². The zero-order chi connectivity index (χ0) is 19.6. The summed E-state index contributed by atoms with van der Waals surface area (Å²) in [5.41, 5.74) is 1.03. The number of hydrogen-bond acceptors (Lipinski definition) is 2. The lowest BCUT2D eigenvalue weighted by atomic mass is 10.0. The Balaban J connectivity index is 0.00000729. The summed E-state index contributed by atoms with van der Waals surface area (Å²) in [4.78, 5) is 16.6. The quantitative estimate of drug-likeness (QED) is 0.225. The number of pyridine rings is 1. The maximum atomic E-state index is 11.4. The molecule has 0 aliphatic carbocycles. The van der Waals surface area contributed by atoms with Gasteiger partial charge in [-0.25, -0.2) is 4.79 Å². The van der Waals surface area contributed by atoms with Crippen molar-refractivity contribution in [3.8, 4) is 0 Å². The van der Waals surface area contributed by atoms with Crippen LogP contribution in [0.3, 0.4) is 0 Å². The minimum atomic E-state index is -0.423. The highest BCUT2D eigenvalue weighted by Gasteiger charge is 2.14. The van der Waals surface area contributed by atoms with Crippen LogP contribution in [0, 0.1) is 0 Å². The van der Waals surface area contributed by atoms with Crippen LogP contribution in [0.15, 0.2) is 37.1 Å². The Kier molecular flexibility index (Phi) is 18.1. The van der Waals surface area contributed by atoms with E-state index in [-0.39, 0.29) is 12.4 Å². The minimum absolute atomic E-state index is 0. The number of carbonyl (C=O) groups is 1. The SMILES string of the molecule is C=CC(=O)O[n+]1ccccc1CCCCCCCCCCCCCCCC.[Cl-]. The van der Waals surface area contributed by atoms with Crippen LogP contribution in [0.25, 0.3) is 0 Å². The molecule has 1 heterocycles. The molecule has 0 bridgehead atoms. The van der Waals surface area contributed by atoms with Gasteiger partial charge in [-0.3, -0.25) is 0 Å². The highest BCUT2D eigenvalue weighted by molar-refractivity contribution is 5.80. The highest BCUT2D eigenvalue weighted by Crippen LogP contribution is 2.13. The van der Waals surface area contributed by atoms with Crippen molar-refractivity contribution in [1.82, 2.24) is 0 Å². The summed E-state index contributed by atoms with van der Waals surface area (Å²) in [6.45, 7) is 5.72. The second-order valence-corrected chi connectivity index (χ2v) is 7.48. The normalized spacial score (nSPS) is 10.3. The Bertz CT molecular complexity index is 519. The molecule has 4 heteroatoms. The lowest BCUT2D eigenvalue weighted by molar-refractivity contribution is -0.874. The van der Waals surface area contributed by atoms with Gasteiger partial charge < -0.3 is 12.4 Å². The summed E-state index contributed by atoms with van der Waals surface area (Å²) in [6.07, 6.45) is 23.0. The number of carbonyl (C=O) groups excluding carboxylic acids is 1. The zero-order valence-electron chi connectivity index (χ0n) is 17.8. The third-order valence-electron chi connectivity index (χ3n) is 5.05. The summed E-state index contributed by atoms with van der Waals surface area (Å²) in [5.74, 6) is -0.423. The van der Waals surface area contributed by atoms with Gasteiger partial charge in [0, 0.05) is 29.4 Å². The van der Waals surface area contributed by atoms with Crippen molar-refractivity contribution in [3.05, 3.63) is 42.7 Å². The van der Waals surface area contributed by atoms with E-state index in [0.29, 0.717) is 0 Å². The fourth-order valence-corrected chi connectivity index (χ4v) is 3.38. The van der Waals surface area contributed by atoms with Crippen LogP contribution in [0.2, 0.25) is 0 Å². The first-order chi connectivity index (χ1) is 13.3. The molecule has 0 aromatic carbocycles. The number of unbranched alkanes of at least 4 members (excludes halogenated alkanes) is 13. The third kappa shape index (κ3) is 13.8. The molecule has 3 nitrogen and oxygen atoms in total. The van der Waals surface area contributed by atoms with Gasteiger partial charge in [-0.2, -0.15) is 4.84 Å². The second-order valence-electron chi connectivity index (χ2n) is 7.48. The van der Waals surface area contributed by atoms with Crippen LogP contribution < -0.4 is 22.0 Å². The fourth-order valence-electron chi connectivity index (χ4n) is 3.38. The van der Waals surface area contributed by atoms with Gasteiger partial charge in [-0.15, -0.1) is 0 Å². The molecule has 0 radical (unpaired) electrons. The minimum Gasteiger partial charge on any atom is -1.00 e. The molecule has 0 amide bonds. The van der Waals surface area contributed by atoms with Crippen LogP contribution in [-0.4, -0.2) is 5.97 Å². The summed E-state index contributed by atoms with van der Waals surface area (Å²) in [7, 11) is 0. The third-order valence-corrected chi connectivity index (χ3v) is 5.05. The molecular weight excluding hydrogens is 370 g/mol. The van der Waals surface area contributed by atoms with Crippen LogP contribution in [0.5, 0.6) is 0 Å². The number of aryl methyl sites for hydroxylation is 1. The molecule has 0 spiro atoms. The Hall–Kier alpha value is -1.35. The largest absolute Gasteiger partial charge is 1.00 e. The van der Waals surface area contributed by atoms with E-state index in [0.717, 1.165) is 18.5 Å². The van der Waals surface area contributed by atoms with Gasteiger partial charge >= 0.3 is 5.97 Å². The van der Waals surface area contributed by atoms with E-state index < -0.39 is 5.97 Å². The van der Waals surface area contributed by atoms with Gasteiger partial charge in [0.15, 0.2) is 0 Å². The lowest BCUT2D eigenvalue weighted by Gasteiger charge is -2.03. The monoisotopic (exact) mass is 409 g/mol. The van der Waals surface area contributed by atoms with E-state index in [1.165, 1.54) is 89.5 Å². The average Bonchev–Trinajstić information content (AvgIpc) is 2.69. The molecular formula is C24H40ClNO2. The Morgan fingerprint density at radius 2 is 1.39 bits per heavy atom. The first kappa shape index (κ1) is 26.6. The van der Waals surface area contributed by atoms with E-state index in [1.54, 1.807) is 10.9 Å². The Labute approximate surface area is 178 Å². The van der Waals surface area contributed by atoms with E-state index in [9.17, 15) is 4.79 Å². The molecule has 1 rings (SSSR count). The standard InChI is InChI=1S/C24H40NO2.ClH/c1-3-5-6-7-8-9-10-11-12-13-14-15-16-17-20-23-21-18-19-22-25(23)27-24(26)4-2;/h4,18-19,21-22H,2-3,5-17,20H2,1H3;1H/q+1;/p-1. The summed E-state index contributed by atoms with van der Waals surface area (Å²) >= 11 is 0. The van der Waals surface area contributed by atoms with Crippen molar-refractivity contribution >= 4 is 5.97 Å². The number of nitrogens with zero attached hydrogens (tertiary/aromatic N) is 1. The molecule has 160 valence electrons. The number of halogens is 1. The van der Waals surface area contributed by atoms with Gasteiger partial charge in [0.1, 0.15) is 0 Å².